The van der Waals surface area contributed by atoms with Gasteiger partial charge >= 0.3 is 0 Å². The van der Waals surface area contributed by atoms with Crippen molar-refractivity contribution in [2.24, 2.45) is 5.10 Å². The molecule has 2 rings (SSSR count). The van der Waals surface area contributed by atoms with Gasteiger partial charge in [-0.3, -0.25) is 4.79 Å². The number of amides is 1. The number of hydrogen-bond acceptors (Lipinski definition) is 5. The first kappa shape index (κ1) is 21.3. The second-order valence-electron chi connectivity index (χ2n) is 7.17. The van der Waals surface area contributed by atoms with E-state index in [4.69, 9.17) is 14.2 Å². The molecule has 0 aliphatic rings. The minimum atomic E-state index is -0.350. The highest BCUT2D eigenvalue weighted by molar-refractivity contribution is 5.86. The number of rotatable bonds is 8. The van der Waals surface area contributed by atoms with Crippen molar-refractivity contribution in [2.75, 3.05) is 20.3 Å². The van der Waals surface area contributed by atoms with E-state index in [1.54, 1.807) is 13.2 Å². The first-order valence-electron chi connectivity index (χ1n) is 9.20. The summed E-state index contributed by atoms with van der Waals surface area (Å²) in [7, 11) is 1.58. The number of methoxy groups -OCH3 is 1. The molecule has 6 nitrogen and oxygen atoms in total. The summed E-state index contributed by atoms with van der Waals surface area (Å²) in [5, 5.41) is 3.98. The third-order valence-electron chi connectivity index (χ3n) is 4.00. The van der Waals surface area contributed by atoms with E-state index in [-0.39, 0.29) is 17.9 Å². The van der Waals surface area contributed by atoms with Crippen LogP contribution in [0.4, 0.5) is 0 Å². The van der Waals surface area contributed by atoms with E-state index in [0.29, 0.717) is 29.4 Å². The minimum Gasteiger partial charge on any atom is -0.493 e. The molecule has 28 heavy (non-hydrogen) atoms. The molecular formula is C22H28N2O4. The lowest BCUT2D eigenvalue weighted by molar-refractivity contribution is -0.123. The fourth-order valence-electron chi connectivity index (χ4n) is 2.50. The standard InChI is InChI=1S/C22H28N2O4/c1-6-27-21-16(8-7-9-19(21)26-5)14-23-24-20(25)15-28-18-12-10-17(11-13-18)22(2,3)4/h7-14H,6,15H2,1-5H3,(H,24,25)/b23-14+. The fourth-order valence-corrected chi connectivity index (χ4v) is 2.50. The number of para-hydroxylation sites is 1. The highest BCUT2D eigenvalue weighted by atomic mass is 16.5. The molecule has 1 N–H and O–H groups in total. The van der Waals surface area contributed by atoms with Crippen LogP contribution in [0.2, 0.25) is 0 Å². The molecule has 0 aliphatic carbocycles. The van der Waals surface area contributed by atoms with Crippen molar-refractivity contribution in [1.82, 2.24) is 5.43 Å². The third-order valence-corrected chi connectivity index (χ3v) is 4.00. The Balaban J connectivity index is 1.91. The molecule has 2 aromatic carbocycles. The zero-order valence-electron chi connectivity index (χ0n) is 17.1. The normalized spacial score (nSPS) is 11.3. The number of carbonyl (C=O) groups excluding carboxylic acids is 1. The second-order valence-corrected chi connectivity index (χ2v) is 7.17. The van der Waals surface area contributed by atoms with E-state index in [1.807, 2.05) is 43.3 Å². The van der Waals surface area contributed by atoms with Crippen LogP contribution < -0.4 is 19.6 Å². The monoisotopic (exact) mass is 384 g/mol. The van der Waals surface area contributed by atoms with Crippen LogP contribution in [0, 0.1) is 0 Å². The van der Waals surface area contributed by atoms with Crippen molar-refractivity contribution >= 4 is 12.1 Å². The molecule has 1 amide bonds. The van der Waals surface area contributed by atoms with Gasteiger partial charge < -0.3 is 14.2 Å². The van der Waals surface area contributed by atoms with Crippen LogP contribution >= 0.6 is 0 Å². The maximum Gasteiger partial charge on any atom is 0.277 e. The van der Waals surface area contributed by atoms with Crippen LogP contribution in [0.5, 0.6) is 17.2 Å². The van der Waals surface area contributed by atoms with Crippen LogP contribution in [0.15, 0.2) is 47.6 Å². The average molecular weight is 384 g/mol. The van der Waals surface area contributed by atoms with Crippen LogP contribution in [0.1, 0.15) is 38.8 Å². The zero-order chi connectivity index (χ0) is 20.6. The lowest BCUT2D eigenvalue weighted by Crippen LogP contribution is -2.24. The van der Waals surface area contributed by atoms with Crippen molar-refractivity contribution in [3.05, 3.63) is 53.6 Å². The van der Waals surface area contributed by atoms with Crippen molar-refractivity contribution < 1.29 is 19.0 Å². The molecular weight excluding hydrogens is 356 g/mol. The molecule has 0 radical (unpaired) electrons. The molecule has 150 valence electrons. The molecule has 0 unspecified atom stereocenters. The number of nitrogens with zero attached hydrogens (tertiary/aromatic N) is 1. The van der Waals surface area contributed by atoms with Gasteiger partial charge in [0.2, 0.25) is 0 Å². The molecule has 0 aromatic heterocycles. The lowest BCUT2D eigenvalue weighted by Gasteiger charge is -2.19. The van der Waals surface area contributed by atoms with Crippen molar-refractivity contribution in [1.29, 1.82) is 0 Å². The van der Waals surface area contributed by atoms with Gasteiger partial charge in [0.25, 0.3) is 5.91 Å². The van der Waals surface area contributed by atoms with Gasteiger partial charge in [-0.05, 0) is 42.2 Å². The summed E-state index contributed by atoms with van der Waals surface area (Å²) in [6.45, 7) is 8.70. The molecule has 0 saturated heterocycles. The number of hydrogen-bond donors (Lipinski definition) is 1. The zero-order valence-corrected chi connectivity index (χ0v) is 17.1. The molecule has 0 fully saturated rings. The van der Waals surface area contributed by atoms with E-state index in [0.717, 1.165) is 0 Å². The molecule has 2 aromatic rings. The maximum absolute atomic E-state index is 12.0. The lowest BCUT2D eigenvalue weighted by atomic mass is 9.87. The number of benzene rings is 2. The largest absolute Gasteiger partial charge is 0.493 e. The van der Waals surface area contributed by atoms with Gasteiger partial charge in [-0.15, -0.1) is 0 Å². The second kappa shape index (κ2) is 9.78. The first-order valence-corrected chi connectivity index (χ1v) is 9.20. The topological polar surface area (TPSA) is 69.2 Å². The molecule has 0 heterocycles. The van der Waals surface area contributed by atoms with Crippen LogP contribution in [-0.4, -0.2) is 32.4 Å². The van der Waals surface area contributed by atoms with Crippen LogP contribution in [-0.2, 0) is 10.2 Å². The smallest absolute Gasteiger partial charge is 0.277 e. The number of carbonyl (C=O) groups is 1. The highest BCUT2D eigenvalue weighted by Crippen LogP contribution is 2.30. The number of ether oxygens (including phenoxy) is 3. The van der Waals surface area contributed by atoms with Gasteiger partial charge in [0, 0.05) is 5.56 Å². The van der Waals surface area contributed by atoms with E-state index in [1.165, 1.54) is 11.8 Å². The van der Waals surface area contributed by atoms with E-state index < -0.39 is 0 Å². The van der Waals surface area contributed by atoms with E-state index in [9.17, 15) is 4.79 Å². The first-order chi connectivity index (χ1) is 13.3. The number of nitrogens with one attached hydrogen (secondary N) is 1. The third kappa shape index (κ3) is 6.01. The Bertz CT molecular complexity index is 808. The maximum atomic E-state index is 12.0. The average Bonchev–Trinajstić information content (AvgIpc) is 2.67. The molecule has 0 atom stereocenters. The Morgan fingerprint density at radius 2 is 1.82 bits per heavy atom. The summed E-state index contributed by atoms with van der Waals surface area (Å²) in [6, 6.07) is 13.2. The van der Waals surface area contributed by atoms with Gasteiger partial charge in [-0.2, -0.15) is 5.10 Å². The quantitative estimate of drug-likeness (QED) is 0.553. The Hall–Kier alpha value is -3.02. The van der Waals surface area contributed by atoms with Gasteiger partial charge in [0.1, 0.15) is 5.75 Å². The van der Waals surface area contributed by atoms with Crippen molar-refractivity contribution in [3.8, 4) is 17.2 Å². The molecule has 0 bridgehead atoms. The number of hydrazone groups is 1. The minimum absolute atomic E-state index is 0.0745. The van der Waals surface area contributed by atoms with Crippen molar-refractivity contribution in [2.45, 2.75) is 33.1 Å². The van der Waals surface area contributed by atoms with Gasteiger partial charge in [-0.1, -0.05) is 39.0 Å². The fraction of sp³-hybridized carbons (Fsp3) is 0.364. The molecule has 0 saturated carbocycles. The predicted molar refractivity (Wildman–Crippen MR) is 111 cm³/mol. The Morgan fingerprint density at radius 3 is 2.43 bits per heavy atom. The SMILES string of the molecule is CCOc1c(/C=N/NC(=O)COc2ccc(C(C)(C)C)cc2)cccc1OC. The Labute approximate surface area is 166 Å². The summed E-state index contributed by atoms with van der Waals surface area (Å²) in [6.07, 6.45) is 1.52. The summed E-state index contributed by atoms with van der Waals surface area (Å²) in [5.41, 5.74) is 4.44. The van der Waals surface area contributed by atoms with Gasteiger partial charge in [0.05, 0.1) is 19.9 Å². The summed E-state index contributed by atoms with van der Waals surface area (Å²) < 4.78 is 16.4. The molecule has 0 spiro atoms. The summed E-state index contributed by atoms with van der Waals surface area (Å²) in [5.74, 6) is 1.48. The summed E-state index contributed by atoms with van der Waals surface area (Å²) in [4.78, 5) is 12.0. The summed E-state index contributed by atoms with van der Waals surface area (Å²) >= 11 is 0. The molecule has 0 aliphatic heterocycles. The van der Waals surface area contributed by atoms with Gasteiger partial charge in [-0.25, -0.2) is 5.43 Å². The Morgan fingerprint density at radius 1 is 1.11 bits per heavy atom. The predicted octanol–water partition coefficient (Wildman–Crippen LogP) is 3.92. The van der Waals surface area contributed by atoms with E-state index >= 15 is 0 Å². The van der Waals surface area contributed by atoms with Crippen molar-refractivity contribution in [3.63, 3.8) is 0 Å². The Kier molecular flexibility index (Phi) is 7.44. The van der Waals surface area contributed by atoms with Crippen LogP contribution in [0.25, 0.3) is 0 Å². The molecule has 6 heteroatoms. The van der Waals surface area contributed by atoms with E-state index in [2.05, 4.69) is 31.3 Å². The van der Waals surface area contributed by atoms with Crippen LogP contribution in [0.3, 0.4) is 0 Å². The highest BCUT2D eigenvalue weighted by Gasteiger charge is 2.13. The van der Waals surface area contributed by atoms with Gasteiger partial charge in [0.15, 0.2) is 18.1 Å².